The number of ether oxygens (including phenoxy) is 5. The van der Waals surface area contributed by atoms with Crippen LogP contribution in [0, 0.1) is 0 Å². The van der Waals surface area contributed by atoms with Gasteiger partial charge in [-0.3, -0.25) is 24.6 Å². The minimum atomic E-state index is -1.36. The minimum Gasteiger partial charge on any atom is -0.507 e. The first-order valence-corrected chi connectivity index (χ1v) is 14.6. The van der Waals surface area contributed by atoms with Gasteiger partial charge in [0.25, 0.3) is 0 Å². The number of carbonyl (C=O) groups excluding carboxylic acids is 4. The van der Waals surface area contributed by atoms with Crippen LogP contribution in [-0.4, -0.2) is 93.1 Å². The molecule has 1 saturated heterocycles. The van der Waals surface area contributed by atoms with Crippen molar-refractivity contribution >= 4 is 47.7 Å². The Bertz CT molecular complexity index is 1490. The maximum atomic E-state index is 12.3. The van der Waals surface area contributed by atoms with Crippen molar-refractivity contribution < 1.29 is 53.1 Å². The zero-order valence-corrected chi connectivity index (χ0v) is 25.5. The normalized spacial score (nSPS) is 24.4. The molecule has 45 heavy (non-hydrogen) atoms. The average Bonchev–Trinajstić information content (AvgIpc) is 3.36. The maximum absolute atomic E-state index is 12.3. The summed E-state index contributed by atoms with van der Waals surface area (Å²) in [5.41, 5.74) is 1.57. The molecular weight excluding hydrogens is 612 g/mol. The summed E-state index contributed by atoms with van der Waals surface area (Å²) in [6, 6.07) is 12.9. The van der Waals surface area contributed by atoms with E-state index in [1.54, 1.807) is 36.4 Å². The van der Waals surface area contributed by atoms with Gasteiger partial charge in [-0.1, -0.05) is 36.0 Å². The standard InChI is InChI=1S/C29H32N4O11S/c1-15(34)40-14-23-24(41-16(2)35)25(42-17(3)36)26(43-18(4)37)28(44-23)45-29-32-31-27(20-10-6-8-12-22(20)39)33(29)30-13-19-9-5-7-11-21(19)38/h5-13,23-26,28-29,32,38-39H,14H2,1-4H3/b30-13+/t23-,24-,25+,26-,28+,29?/m1/s1. The number of hydrazone groups is 2. The maximum Gasteiger partial charge on any atom is 0.303 e. The van der Waals surface area contributed by atoms with Gasteiger partial charge in [0, 0.05) is 33.3 Å². The van der Waals surface area contributed by atoms with Gasteiger partial charge >= 0.3 is 23.9 Å². The van der Waals surface area contributed by atoms with E-state index in [-0.39, 0.29) is 23.9 Å². The van der Waals surface area contributed by atoms with Gasteiger partial charge < -0.3 is 33.9 Å². The van der Waals surface area contributed by atoms with E-state index >= 15 is 0 Å². The lowest BCUT2D eigenvalue weighted by atomic mass is 9.99. The van der Waals surface area contributed by atoms with Gasteiger partial charge in [-0.25, -0.2) is 5.01 Å². The second kappa shape index (κ2) is 14.8. The van der Waals surface area contributed by atoms with Crippen LogP contribution in [0.3, 0.4) is 0 Å². The van der Waals surface area contributed by atoms with Gasteiger partial charge in [0.2, 0.25) is 0 Å². The molecule has 0 saturated carbocycles. The van der Waals surface area contributed by atoms with Crippen molar-refractivity contribution in [3.63, 3.8) is 0 Å². The first-order valence-electron chi connectivity index (χ1n) is 13.6. The van der Waals surface area contributed by atoms with Crippen LogP contribution in [0.4, 0.5) is 0 Å². The molecule has 1 unspecified atom stereocenters. The van der Waals surface area contributed by atoms with Gasteiger partial charge in [0.15, 0.2) is 29.6 Å². The average molecular weight is 645 g/mol. The molecule has 0 amide bonds. The van der Waals surface area contributed by atoms with Crippen LogP contribution in [-0.2, 0) is 42.9 Å². The van der Waals surface area contributed by atoms with E-state index in [0.717, 1.165) is 32.5 Å². The Morgan fingerprint density at radius 1 is 0.889 bits per heavy atom. The zero-order valence-electron chi connectivity index (χ0n) is 24.7. The number of esters is 4. The largest absolute Gasteiger partial charge is 0.507 e. The third-order valence-corrected chi connectivity index (χ3v) is 7.54. The molecule has 4 rings (SSSR count). The number of nitrogens with zero attached hydrogens (tertiary/aromatic N) is 3. The number of thioether (sulfide) groups is 1. The fourth-order valence-electron chi connectivity index (χ4n) is 4.53. The summed E-state index contributed by atoms with van der Waals surface area (Å²) in [7, 11) is 0. The molecule has 1 fully saturated rings. The fourth-order valence-corrected chi connectivity index (χ4v) is 5.74. The first kappa shape index (κ1) is 33.1. The predicted octanol–water partition coefficient (Wildman–Crippen LogP) is 1.80. The summed E-state index contributed by atoms with van der Waals surface area (Å²) in [5.74, 6) is -2.81. The van der Waals surface area contributed by atoms with E-state index in [0.29, 0.717) is 11.1 Å². The molecule has 2 aliphatic rings. The molecule has 0 aromatic heterocycles. The third-order valence-electron chi connectivity index (χ3n) is 6.33. The molecule has 15 nitrogen and oxygen atoms in total. The first-order chi connectivity index (χ1) is 21.4. The Labute approximate surface area is 262 Å². The second-order valence-electron chi connectivity index (χ2n) is 9.79. The highest BCUT2D eigenvalue weighted by molar-refractivity contribution is 8.00. The highest BCUT2D eigenvalue weighted by Crippen LogP contribution is 2.38. The monoisotopic (exact) mass is 644 g/mol. The molecule has 2 heterocycles. The summed E-state index contributed by atoms with van der Waals surface area (Å²) in [6.45, 7) is 4.21. The van der Waals surface area contributed by atoms with E-state index in [4.69, 9.17) is 23.7 Å². The van der Waals surface area contributed by atoms with E-state index in [1.807, 2.05) is 0 Å². The molecule has 0 spiro atoms. The molecule has 2 aliphatic heterocycles. The Kier molecular flexibility index (Phi) is 10.9. The van der Waals surface area contributed by atoms with Crippen LogP contribution < -0.4 is 5.43 Å². The highest BCUT2D eigenvalue weighted by Gasteiger charge is 2.53. The number of aromatic hydroxyl groups is 2. The summed E-state index contributed by atoms with van der Waals surface area (Å²) >= 11 is 0.990. The van der Waals surface area contributed by atoms with Crippen molar-refractivity contribution in [2.45, 2.75) is 63.0 Å². The van der Waals surface area contributed by atoms with E-state index in [2.05, 4.69) is 15.6 Å². The summed E-state index contributed by atoms with van der Waals surface area (Å²) in [5, 5.41) is 31.1. The molecule has 0 bridgehead atoms. The molecule has 16 heteroatoms. The van der Waals surface area contributed by atoms with Crippen molar-refractivity contribution in [1.29, 1.82) is 0 Å². The van der Waals surface area contributed by atoms with Crippen LogP contribution in [0.5, 0.6) is 11.5 Å². The lowest BCUT2D eigenvalue weighted by Crippen LogP contribution is -2.62. The molecular formula is C29H32N4O11S. The number of carbonyl (C=O) groups is 4. The second-order valence-corrected chi connectivity index (χ2v) is 11.0. The van der Waals surface area contributed by atoms with Crippen molar-refractivity contribution in [3.8, 4) is 11.5 Å². The molecule has 2 aromatic rings. The van der Waals surface area contributed by atoms with Crippen LogP contribution in [0.1, 0.15) is 38.8 Å². The summed E-state index contributed by atoms with van der Waals surface area (Å²) in [4.78, 5) is 48.2. The van der Waals surface area contributed by atoms with Gasteiger partial charge in [0.1, 0.15) is 29.6 Å². The lowest BCUT2D eigenvalue weighted by molar-refractivity contribution is -0.237. The number of benzene rings is 2. The Balaban J connectivity index is 1.72. The number of hydrogen-bond acceptors (Lipinski definition) is 16. The molecule has 0 radical (unpaired) electrons. The predicted molar refractivity (Wildman–Crippen MR) is 159 cm³/mol. The topological polar surface area (TPSA) is 195 Å². The Morgan fingerprint density at radius 3 is 2.11 bits per heavy atom. The zero-order chi connectivity index (χ0) is 32.7. The number of phenols is 2. The highest BCUT2D eigenvalue weighted by atomic mass is 32.2. The van der Waals surface area contributed by atoms with Gasteiger partial charge in [-0.15, -0.1) is 0 Å². The smallest absolute Gasteiger partial charge is 0.303 e. The van der Waals surface area contributed by atoms with E-state index < -0.39 is 59.2 Å². The van der Waals surface area contributed by atoms with Crippen LogP contribution in [0.25, 0.3) is 0 Å². The van der Waals surface area contributed by atoms with Crippen LogP contribution in [0.15, 0.2) is 58.7 Å². The van der Waals surface area contributed by atoms with E-state index in [1.165, 1.54) is 30.3 Å². The lowest BCUT2D eigenvalue weighted by Gasteiger charge is -2.44. The number of hydrogen-bond donors (Lipinski definition) is 3. The number of phenolic OH excluding ortho intramolecular Hbond substituents is 2. The molecule has 0 aliphatic carbocycles. The van der Waals surface area contributed by atoms with Crippen molar-refractivity contribution in [1.82, 2.24) is 10.4 Å². The summed E-state index contributed by atoms with van der Waals surface area (Å²) in [6.07, 6.45) is -3.76. The van der Waals surface area contributed by atoms with Gasteiger partial charge in [-0.2, -0.15) is 10.2 Å². The Morgan fingerprint density at radius 2 is 1.49 bits per heavy atom. The van der Waals surface area contributed by atoms with Crippen molar-refractivity contribution in [2.24, 2.45) is 10.2 Å². The van der Waals surface area contributed by atoms with Crippen molar-refractivity contribution in [2.75, 3.05) is 6.61 Å². The molecule has 6 atom stereocenters. The number of rotatable bonds is 10. The number of nitrogens with one attached hydrogen (secondary N) is 1. The van der Waals surface area contributed by atoms with Crippen LogP contribution in [0.2, 0.25) is 0 Å². The number of para-hydroxylation sites is 2. The minimum absolute atomic E-state index is 0.0294. The molecule has 2 aromatic carbocycles. The van der Waals surface area contributed by atoms with Gasteiger partial charge in [-0.05, 0) is 24.3 Å². The third kappa shape index (κ3) is 8.42. The fraction of sp³-hybridized carbons (Fsp3) is 0.379. The van der Waals surface area contributed by atoms with Crippen LogP contribution >= 0.6 is 11.8 Å². The molecule has 3 N–H and O–H groups in total. The van der Waals surface area contributed by atoms with Gasteiger partial charge in [0.05, 0.1) is 11.8 Å². The number of amidine groups is 1. The quantitative estimate of drug-likeness (QED) is 0.192. The molecule has 240 valence electrons. The van der Waals surface area contributed by atoms with Crippen molar-refractivity contribution in [3.05, 3.63) is 59.7 Å². The summed E-state index contributed by atoms with van der Waals surface area (Å²) < 4.78 is 27.9. The Hall–Kier alpha value is -4.83. The SMILES string of the molecule is CC(=O)OC[C@H]1O[C@@H](SC2NN=C(c3ccccc3O)N2/N=C/c2ccccc2O)[C@H](OC(C)=O)[C@@H](OC(C)=O)[C@@H]1OC(C)=O. The van der Waals surface area contributed by atoms with E-state index in [9.17, 15) is 29.4 Å².